The molecule has 2 aliphatic rings. The highest BCUT2D eigenvalue weighted by Crippen LogP contribution is 2.35. The number of ether oxygens (including phenoxy) is 1. The molecule has 21 heavy (non-hydrogen) atoms. The third-order valence-electron chi connectivity index (χ3n) is 4.68. The van der Waals surface area contributed by atoms with Crippen molar-refractivity contribution in [3.63, 3.8) is 0 Å². The van der Waals surface area contributed by atoms with Gasteiger partial charge in [0.25, 0.3) is 5.91 Å². The SMILES string of the molecule is CN1C2CCC1CC(Nc1cccc(OCC(N)=O)c1)C2. The number of nitrogens with zero attached hydrogens (tertiary/aromatic N) is 1. The Bertz CT molecular complexity index is 506. The lowest BCUT2D eigenvalue weighted by molar-refractivity contribution is -0.119. The predicted molar refractivity (Wildman–Crippen MR) is 82.3 cm³/mol. The molecule has 3 N–H and O–H groups in total. The van der Waals surface area contributed by atoms with Crippen LogP contribution in [0.15, 0.2) is 24.3 Å². The van der Waals surface area contributed by atoms with Crippen LogP contribution in [0.1, 0.15) is 25.7 Å². The van der Waals surface area contributed by atoms with Crippen molar-refractivity contribution >= 4 is 11.6 Å². The van der Waals surface area contributed by atoms with Gasteiger partial charge < -0.3 is 20.7 Å². The fraction of sp³-hybridized carbons (Fsp3) is 0.562. The summed E-state index contributed by atoms with van der Waals surface area (Å²) in [5, 5.41) is 3.61. The van der Waals surface area contributed by atoms with Crippen molar-refractivity contribution in [2.75, 3.05) is 19.0 Å². The fourth-order valence-corrected chi connectivity index (χ4v) is 3.60. The Labute approximate surface area is 125 Å². The normalized spacial score (nSPS) is 28.3. The van der Waals surface area contributed by atoms with Crippen molar-refractivity contribution in [2.24, 2.45) is 5.73 Å². The third kappa shape index (κ3) is 3.29. The second kappa shape index (κ2) is 5.93. The molecule has 0 saturated carbocycles. The molecule has 1 aromatic carbocycles. The lowest BCUT2D eigenvalue weighted by Crippen LogP contribution is -2.44. The van der Waals surface area contributed by atoms with E-state index in [2.05, 4.69) is 17.3 Å². The van der Waals surface area contributed by atoms with Crippen LogP contribution < -0.4 is 15.8 Å². The zero-order valence-corrected chi connectivity index (χ0v) is 12.4. The molecule has 2 atom stereocenters. The first kappa shape index (κ1) is 14.2. The number of nitrogens with two attached hydrogens (primary N) is 1. The van der Waals surface area contributed by atoms with Gasteiger partial charge in [-0.2, -0.15) is 0 Å². The zero-order chi connectivity index (χ0) is 14.8. The second-order valence-corrected chi connectivity index (χ2v) is 6.15. The summed E-state index contributed by atoms with van der Waals surface area (Å²) in [7, 11) is 2.25. The smallest absolute Gasteiger partial charge is 0.255 e. The zero-order valence-electron chi connectivity index (χ0n) is 12.4. The number of rotatable bonds is 5. The molecule has 5 heteroatoms. The maximum Gasteiger partial charge on any atom is 0.255 e. The van der Waals surface area contributed by atoms with Crippen LogP contribution in [0.4, 0.5) is 5.69 Å². The Balaban J connectivity index is 1.60. The lowest BCUT2D eigenvalue weighted by atomic mass is 9.98. The lowest BCUT2D eigenvalue weighted by Gasteiger charge is -2.37. The van der Waals surface area contributed by atoms with Gasteiger partial charge in [-0.15, -0.1) is 0 Å². The summed E-state index contributed by atoms with van der Waals surface area (Å²) in [6.07, 6.45) is 5.03. The molecule has 2 heterocycles. The Morgan fingerprint density at radius 1 is 1.38 bits per heavy atom. The predicted octanol–water partition coefficient (Wildman–Crippen LogP) is 1.59. The second-order valence-electron chi connectivity index (χ2n) is 6.15. The summed E-state index contributed by atoms with van der Waals surface area (Å²) in [5.41, 5.74) is 6.14. The van der Waals surface area contributed by atoms with E-state index in [1.165, 1.54) is 25.7 Å². The first-order valence-corrected chi connectivity index (χ1v) is 7.61. The number of hydrogen-bond acceptors (Lipinski definition) is 4. The maximum absolute atomic E-state index is 10.8. The average molecular weight is 289 g/mol. The van der Waals surface area contributed by atoms with E-state index in [4.69, 9.17) is 10.5 Å². The monoisotopic (exact) mass is 289 g/mol. The minimum absolute atomic E-state index is 0.0815. The summed E-state index contributed by atoms with van der Waals surface area (Å²) in [5.74, 6) is 0.218. The van der Waals surface area contributed by atoms with Crippen LogP contribution in [0.2, 0.25) is 0 Å². The van der Waals surface area contributed by atoms with Crippen LogP contribution in [-0.4, -0.2) is 42.6 Å². The van der Waals surface area contributed by atoms with Crippen LogP contribution in [0.25, 0.3) is 0 Å². The van der Waals surface area contributed by atoms with E-state index in [-0.39, 0.29) is 6.61 Å². The molecule has 1 amide bonds. The van der Waals surface area contributed by atoms with Crippen molar-refractivity contribution in [3.05, 3.63) is 24.3 Å². The number of hydrogen-bond donors (Lipinski definition) is 2. The number of piperidine rings is 1. The molecule has 2 unspecified atom stereocenters. The Morgan fingerprint density at radius 3 is 2.76 bits per heavy atom. The molecule has 2 bridgehead atoms. The molecule has 2 saturated heterocycles. The topological polar surface area (TPSA) is 67.6 Å². The third-order valence-corrected chi connectivity index (χ3v) is 4.68. The van der Waals surface area contributed by atoms with E-state index in [0.29, 0.717) is 11.8 Å². The van der Waals surface area contributed by atoms with E-state index in [0.717, 1.165) is 17.8 Å². The molecule has 1 aromatic rings. The van der Waals surface area contributed by atoms with Crippen LogP contribution in [0.5, 0.6) is 5.75 Å². The number of carbonyl (C=O) groups is 1. The van der Waals surface area contributed by atoms with Gasteiger partial charge in [0, 0.05) is 29.9 Å². The number of primary amides is 1. The van der Waals surface area contributed by atoms with Crippen LogP contribution in [0.3, 0.4) is 0 Å². The van der Waals surface area contributed by atoms with Gasteiger partial charge in [-0.3, -0.25) is 4.79 Å². The standard InChI is InChI=1S/C16H23N3O2/c1-19-13-5-6-14(19)8-12(7-13)18-11-3-2-4-15(9-11)21-10-16(17)20/h2-4,9,12-14,18H,5-8,10H2,1H3,(H2,17,20). The first-order valence-electron chi connectivity index (χ1n) is 7.61. The van der Waals surface area contributed by atoms with Gasteiger partial charge in [0.05, 0.1) is 0 Å². The van der Waals surface area contributed by atoms with Crippen molar-refractivity contribution in [2.45, 2.75) is 43.8 Å². The molecule has 3 rings (SSSR count). The van der Waals surface area contributed by atoms with Gasteiger partial charge in [-0.25, -0.2) is 0 Å². The number of amides is 1. The van der Waals surface area contributed by atoms with E-state index in [9.17, 15) is 4.79 Å². The Hall–Kier alpha value is -1.75. The van der Waals surface area contributed by atoms with Gasteiger partial charge in [-0.05, 0) is 44.9 Å². The maximum atomic E-state index is 10.8. The van der Waals surface area contributed by atoms with Gasteiger partial charge in [0.2, 0.25) is 0 Å². The molecule has 5 nitrogen and oxygen atoms in total. The molecule has 114 valence electrons. The van der Waals surface area contributed by atoms with E-state index in [1.807, 2.05) is 24.3 Å². The summed E-state index contributed by atoms with van der Waals surface area (Å²) in [6, 6.07) is 9.70. The summed E-state index contributed by atoms with van der Waals surface area (Å²) >= 11 is 0. The Kier molecular flexibility index (Phi) is 4.01. The molecular weight excluding hydrogens is 266 g/mol. The molecular formula is C16H23N3O2. The van der Waals surface area contributed by atoms with Crippen molar-refractivity contribution < 1.29 is 9.53 Å². The van der Waals surface area contributed by atoms with Gasteiger partial charge in [-0.1, -0.05) is 6.07 Å². The van der Waals surface area contributed by atoms with Gasteiger partial charge in [0.15, 0.2) is 6.61 Å². The number of carbonyl (C=O) groups excluding carboxylic acids is 1. The number of anilines is 1. The largest absolute Gasteiger partial charge is 0.484 e. The minimum atomic E-state index is -0.458. The average Bonchev–Trinajstić information content (AvgIpc) is 2.68. The van der Waals surface area contributed by atoms with Gasteiger partial charge >= 0.3 is 0 Å². The van der Waals surface area contributed by atoms with Gasteiger partial charge in [0.1, 0.15) is 5.75 Å². The number of fused-ring (bicyclic) bond motifs is 2. The molecule has 0 aliphatic carbocycles. The summed E-state index contributed by atoms with van der Waals surface area (Å²) in [6.45, 7) is -0.0815. The summed E-state index contributed by atoms with van der Waals surface area (Å²) in [4.78, 5) is 13.3. The molecule has 0 spiro atoms. The number of nitrogens with one attached hydrogen (secondary N) is 1. The fourth-order valence-electron chi connectivity index (χ4n) is 3.60. The summed E-state index contributed by atoms with van der Waals surface area (Å²) < 4.78 is 5.35. The van der Waals surface area contributed by atoms with Crippen LogP contribution in [-0.2, 0) is 4.79 Å². The molecule has 0 aromatic heterocycles. The number of benzene rings is 1. The Morgan fingerprint density at radius 2 is 2.10 bits per heavy atom. The van der Waals surface area contributed by atoms with Crippen molar-refractivity contribution in [1.29, 1.82) is 0 Å². The first-order chi connectivity index (χ1) is 10.1. The van der Waals surface area contributed by atoms with E-state index in [1.54, 1.807) is 0 Å². The van der Waals surface area contributed by atoms with Crippen LogP contribution >= 0.6 is 0 Å². The minimum Gasteiger partial charge on any atom is -0.484 e. The van der Waals surface area contributed by atoms with E-state index < -0.39 is 5.91 Å². The van der Waals surface area contributed by atoms with E-state index >= 15 is 0 Å². The highest BCUT2D eigenvalue weighted by molar-refractivity contribution is 5.75. The molecule has 2 fully saturated rings. The highest BCUT2D eigenvalue weighted by Gasteiger charge is 2.38. The van der Waals surface area contributed by atoms with Crippen LogP contribution in [0, 0.1) is 0 Å². The highest BCUT2D eigenvalue weighted by atomic mass is 16.5. The van der Waals surface area contributed by atoms with Crippen molar-refractivity contribution in [1.82, 2.24) is 4.90 Å². The molecule has 2 aliphatic heterocycles. The molecule has 0 radical (unpaired) electrons. The quantitative estimate of drug-likeness (QED) is 0.864. The van der Waals surface area contributed by atoms with Crippen molar-refractivity contribution in [3.8, 4) is 5.75 Å².